The number of aromatic nitrogens is 2. The summed E-state index contributed by atoms with van der Waals surface area (Å²) >= 11 is 2.79. The molecule has 3 aromatic rings. The monoisotopic (exact) mass is 516 g/mol. The second kappa shape index (κ2) is 11.6. The molecule has 0 atom stereocenters. The average Bonchev–Trinajstić information content (AvgIpc) is 2.88. The number of carbonyl (C=O) groups is 2. The number of ether oxygens (including phenoxy) is 1. The second-order valence-electron chi connectivity index (χ2n) is 7.71. The van der Waals surface area contributed by atoms with Gasteiger partial charge in [-0.25, -0.2) is 14.2 Å². The number of para-hydroxylation sites is 1. The Labute approximate surface area is 210 Å². The first kappa shape index (κ1) is 25.1. The van der Waals surface area contributed by atoms with Crippen molar-refractivity contribution < 1.29 is 18.7 Å². The average molecular weight is 517 g/mol. The fourth-order valence-electron chi connectivity index (χ4n) is 3.69. The number of hydrogen-bond donors (Lipinski definition) is 0. The summed E-state index contributed by atoms with van der Waals surface area (Å²) in [6, 6.07) is 12.8. The number of halogens is 1. The molecule has 2 amide bonds. The van der Waals surface area contributed by atoms with Crippen molar-refractivity contribution in [2.45, 2.75) is 12.1 Å². The van der Waals surface area contributed by atoms with Crippen LogP contribution in [0.15, 0.2) is 58.5 Å². The first-order valence-corrected chi connectivity index (χ1v) is 13.3. The SMILES string of the molecule is CCOC(=O)N1CCN(C(=O)CSCSc2nc3ccccc3c(=O)n2-c2ccc(F)cc2)CC1. The van der Waals surface area contributed by atoms with Crippen LogP contribution in [-0.2, 0) is 9.53 Å². The third kappa shape index (κ3) is 5.96. The van der Waals surface area contributed by atoms with Crippen LogP contribution in [0.25, 0.3) is 16.6 Å². The Kier molecular flexibility index (Phi) is 8.29. The van der Waals surface area contributed by atoms with Crippen LogP contribution in [0.1, 0.15) is 6.92 Å². The summed E-state index contributed by atoms with van der Waals surface area (Å²) in [5, 5.41) is 1.45. The van der Waals surface area contributed by atoms with E-state index in [0.717, 1.165) is 0 Å². The Morgan fingerprint density at radius 1 is 1.03 bits per heavy atom. The molecule has 2 aromatic carbocycles. The highest BCUT2D eigenvalue weighted by molar-refractivity contribution is 8.16. The van der Waals surface area contributed by atoms with Gasteiger partial charge in [0.1, 0.15) is 5.82 Å². The topological polar surface area (TPSA) is 84.7 Å². The Balaban J connectivity index is 1.39. The predicted octanol–water partition coefficient (Wildman–Crippen LogP) is 3.61. The third-order valence-corrected chi connectivity index (χ3v) is 7.61. The van der Waals surface area contributed by atoms with Crippen LogP contribution in [0.2, 0.25) is 0 Å². The largest absolute Gasteiger partial charge is 0.450 e. The van der Waals surface area contributed by atoms with Crippen molar-refractivity contribution in [3.05, 3.63) is 64.7 Å². The smallest absolute Gasteiger partial charge is 0.409 e. The molecular weight excluding hydrogens is 491 g/mol. The minimum Gasteiger partial charge on any atom is -0.450 e. The quantitative estimate of drug-likeness (QED) is 0.205. The van der Waals surface area contributed by atoms with Gasteiger partial charge < -0.3 is 14.5 Å². The molecule has 1 fully saturated rings. The van der Waals surface area contributed by atoms with Crippen LogP contribution in [0, 0.1) is 5.82 Å². The maximum absolute atomic E-state index is 13.5. The molecule has 0 unspecified atom stereocenters. The molecule has 1 aromatic heterocycles. The zero-order chi connectivity index (χ0) is 24.8. The van der Waals surface area contributed by atoms with E-state index < -0.39 is 0 Å². The molecule has 0 saturated carbocycles. The molecule has 2 heterocycles. The van der Waals surface area contributed by atoms with Gasteiger partial charge in [0, 0.05) is 31.3 Å². The molecule has 1 aliphatic rings. The molecule has 184 valence electrons. The van der Waals surface area contributed by atoms with E-state index in [1.807, 2.05) is 6.07 Å². The Morgan fingerprint density at radius 2 is 1.71 bits per heavy atom. The number of piperazine rings is 1. The molecule has 4 rings (SSSR count). The molecule has 0 spiro atoms. The van der Waals surface area contributed by atoms with Crippen LogP contribution in [0.4, 0.5) is 9.18 Å². The summed E-state index contributed by atoms with van der Waals surface area (Å²) in [5.74, 6) is -0.107. The molecule has 0 bridgehead atoms. The second-order valence-corrected chi connectivity index (χ2v) is 10.00. The molecule has 0 aliphatic carbocycles. The lowest BCUT2D eigenvalue weighted by Crippen LogP contribution is -2.51. The van der Waals surface area contributed by atoms with Crippen LogP contribution >= 0.6 is 23.5 Å². The van der Waals surface area contributed by atoms with Crippen molar-refractivity contribution in [3.63, 3.8) is 0 Å². The van der Waals surface area contributed by atoms with Crippen molar-refractivity contribution in [2.75, 3.05) is 43.6 Å². The number of fused-ring (bicyclic) bond motifs is 1. The molecule has 0 N–H and O–H groups in total. The summed E-state index contributed by atoms with van der Waals surface area (Å²) < 4.78 is 19.9. The predicted molar refractivity (Wildman–Crippen MR) is 136 cm³/mol. The number of benzene rings is 2. The summed E-state index contributed by atoms with van der Waals surface area (Å²) in [5.41, 5.74) is 0.877. The molecule has 0 radical (unpaired) electrons. The van der Waals surface area contributed by atoms with Gasteiger partial charge in [0.25, 0.3) is 5.56 Å². The normalized spacial score (nSPS) is 13.8. The standard InChI is InChI=1S/C24H25FN4O4S2/c1-2-33-24(32)28-13-11-27(12-14-28)21(30)15-34-16-35-23-26-20-6-4-3-5-19(20)22(31)29(23)18-9-7-17(25)8-10-18/h3-10H,2,11-16H2,1H3. The Bertz CT molecular complexity index is 1260. The van der Waals surface area contributed by atoms with Gasteiger partial charge in [-0.2, -0.15) is 0 Å². The molecule has 11 heteroatoms. The zero-order valence-corrected chi connectivity index (χ0v) is 20.8. The Hall–Kier alpha value is -3.05. The van der Waals surface area contributed by atoms with Crippen LogP contribution in [-0.4, -0.2) is 75.0 Å². The van der Waals surface area contributed by atoms with Gasteiger partial charge in [0.2, 0.25) is 5.91 Å². The maximum Gasteiger partial charge on any atom is 0.409 e. The van der Waals surface area contributed by atoms with E-state index in [4.69, 9.17) is 4.74 Å². The van der Waals surface area contributed by atoms with Gasteiger partial charge in [0.15, 0.2) is 5.16 Å². The number of hydrogen-bond acceptors (Lipinski definition) is 7. The Morgan fingerprint density at radius 3 is 2.43 bits per heavy atom. The van der Waals surface area contributed by atoms with E-state index in [1.54, 1.807) is 47.1 Å². The van der Waals surface area contributed by atoms with Crippen molar-refractivity contribution in [1.82, 2.24) is 19.4 Å². The lowest BCUT2D eigenvalue weighted by Gasteiger charge is -2.34. The van der Waals surface area contributed by atoms with Crippen molar-refractivity contribution >= 4 is 46.4 Å². The van der Waals surface area contributed by atoms with Crippen LogP contribution in [0.5, 0.6) is 0 Å². The zero-order valence-electron chi connectivity index (χ0n) is 19.2. The van der Waals surface area contributed by atoms with E-state index >= 15 is 0 Å². The number of thioether (sulfide) groups is 2. The lowest BCUT2D eigenvalue weighted by atomic mass is 10.2. The highest BCUT2D eigenvalue weighted by atomic mass is 32.2. The fourth-order valence-corrected chi connectivity index (χ4v) is 5.62. The minimum absolute atomic E-state index is 0.00139. The molecule has 1 aliphatic heterocycles. The van der Waals surface area contributed by atoms with Gasteiger partial charge in [-0.3, -0.25) is 14.2 Å². The van der Waals surface area contributed by atoms with Crippen molar-refractivity contribution in [2.24, 2.45) is 0 Å². The van der Waals surface area contributed by atoms with Gasteiger partial charge in [-0.1, -0.05) is 23.9 Å². The third-order valence-electron chi connectivity index (χ3n) is 5.49. The first-order valence-electron chi connectivity index (χ1n) is 11.2. The molecular formula is C24H25FN4O4S2. The van der Waals surface area contributed by atoms with Gasteiger partial charge in [0.05, 0.1) is 29.0 Å². The van der Waals surface area contributed by atoms with Gasteiger partial charge in [-0.15, -0.1) is 11.8 Å². The summed E-state index contributed by atoms with van der Waals surface area (Å²) in [7, 11) is 0. The molecule has 1 saturated heterocycles. The highest BCUT2D eigenvalue weighted by Crippen LogP contribution is 2.25. The highest BCUT2D eigenvalue weighted by Gasteiger charge is 2.24. The van der Waals surface area contributed by atoms with Crippen molar-refractivity contribution in [1.29, 1.82) is 0 Å². The first-order chi connectivity index (χ1) is 17.0. The van der Waals surface area contributed by atoms with E-state index in [1.165, 1.54) is 40.2 Å². The van der Waals surface area contributed by atoms with Gasteiger partial charge in [-0.05, 0) is 43.3 Å². The fraction of sp³-hybridized carbons (Fsp3) is 0.333. The summed E-state index contributed by atoms with van der Waals surface area (Å²) in [6.07, 6.45) is -0.347. The van der Waals surface area contributed by atoms with Crippen LogP contribution in [0.3, 0.4) is 0 Å². The van der Waals surface area contributed by atoms with E-state index in [0.29, 0.717) is 59.6 Å². The minimum atomic E-state index is -0.387. The van der Waals surface area contributed by atoms with E-state index in [-0.39, 0.29) is 29.1 Å². The summed E-state index contributed by atoms with van der Waals surface area (Å²) in [4.78, 5) is 45.7. The molecule has 8 nitrogen and oxygen atoms in total. The van der Waals surface area contributed by atoms with E-state index in [9.17, 15) is 18.8 Å². The van der Waals surface area contributed by atoms with Crippen molar-refractivity contribution in [3.8, 4) is 5.69 Å². The lowest BCUT2D eigenvalue weighted by molar-refractivity contribution is -0.129. The van der Waals surface area contributed by atoms with Gasteiger partial charge >= 0.3 is 6.09 Å². The number of carbonyl (C=O) groups excluding carboxylic acids is 2. The molecule has 35 heavy (non-hydrogen) atoms. The number of nitrogens with zero attached hydrogens (tertiary/aromatic N) is 4. The summed E-state index contributed by atoms with van der Waals surface area (Å²) in [6.45, 7) is 3.94. The number of amides is 2. The maximum atomic E-state index is 13.5. The van der Waals surface area contributed by atoms with E-state index in [2.05, 4.69) is 4.98 Å². The van der Waals surface area contributed by atoms with Crippen LogP contribution < -0.4 is 5.56 Å². The number of rotatable bonds is 7.